The molecule has 1 aromatic carbocycles. The molecule has 1 heterocycles. The number of nitrogen functional groups attached to an aromatic ring is 1. The number of rotatable bonds is 4. The third-order valence-corrected chi connectivity index (χ3v) is 2.74. The van der Waals surface area contributed by atoms with Crippen molar-refractivity contribution in [3.05, 3.63) is 47.3 Å². The number of nitrogens with one attached hydrogen (secondary N) is 2. The Hall–Kier alpha value is -2.65. The normalized spacial score (nSPS) is 9.74. The summed E-state index contributed by atoms with van der Waals surface area (Å²) in [5.41, 5.74) is 5.02. The number of anilines is 2. The number of nitriles is 1. The van der Waals surface area contributed by atoms with Crippen molar-refractivity contribution in [3.63, 3.8) is 0 Å². The lowest BCUT2D eigenvalue weighted by Crippen LogP contribution is -2.12. The van der Waals surface area contributed by atoms with Crippen LogP contribution in [0.2, 0.25) is 0 Å². The molecule has 0 amide bonds. The monoisotopic (exact) mass is 254 g/mol. The standard InChI is InChI=1S/C13H14N6/c1-9-12(17-8-18-13(9)19-15)16-7-11-4-2-3-10(5-11)6-14/h2-5,8H,7,15H2,1H3,(H2,16,17,18,19). The molecule has 96 valence electrons. The van der Waals surface area contributed by atoms with Crippen molar-refractivity contribution < 1.29 is 0 Å². The Morgan fingerprint density at radius 1 is 1.32 bits per heavy atom. The van der Waals surface area contributed by atoms with Gasteiger partial charge in [0.2, 0.25) is 0 Å². The first-order chi connectivity index (χ1) is 9.24. The van der Waals surface area contributed by atoms with Crippen LogP contribution in [0, 0.1) is 18.3 Å². The summed E-state index contributed by atoms with van der Waals surface area (Å²) in [6.45, 7) is 2.46. The first-order valence-corrected chi connectivity index (χ1v) is 5.75. The van der Waals surface area contributed by atoms with Gasteiger partial charge in [0.15, 0.2) is 0 Å². The summed E-state index contributed by atoms with van der Waals surface area (Å²) in [6, 6.07) is 9.54. The molecule has 0 fully saturated rings. The van der Waals surface area contributed by atoms with Crippen molar-refractivity contribution >= 4 is 11.6 Å². The second-order valence-electron chi connectivity index (χ2n) is 4.01. The van der Waals surface area contributed by atoms with Gasteiger partial charge in [0.05, 0.1) is 11.6 Å². The number of nitrogens with two attached hydrogens (primary N) is 1. The Bertz CT molecular complexity index is 617. The first kappa shape index (κ1) is 12.8. The smallest absolute Gasteiger partial charge is 0.148 e. The molecule has 0 bridgehead atoms. The van der Waals surface area contributed by atoms with Crippen molar-refractivity contribution in [2.75, 3.05) is 10.7 Å². The van der Waals surface area contributed by atoms with E-state index in [-0.39, 0.29) is 0 Å². The van der Waals surface area contributed by atoms with E-state index in [0.717, 1.165) is 11.1 Å². The molecule has 2 rings (SSSR count). The fourth-order valence-electron chi connectivity index (χ4n) is 1.71. The molecular formula is C13H14N6. The molecule has 0 spiro atoms. The molecule has 6 heteroatoms. The van der Waals surface area contributed by atoms with Crippen LogP contribution < -0.4 is 16.6 Å². The van der Waals surface area contributed by atoms with Crippen LogP contribution in [0.3, 0.4) is 0 Å². The summed E-state index contributed by atoms with van der Waals surface area (Å²) in [7, 11) is 0. The fourth-order valence-corrected chi connectivity index (χ4v) is 1.71. The number of hydrogen-bond acceptors (Lipinski definition) is 6. The van der Waals surface area contributed by atoms with Crippen LogP contribution in [0.5, 0.6) is 0 Å². The number of aromatic nitrogens is 2. The van der Waals surface area contributed by atoms with Gasteiger partial charge < -0.3 is 10.7 Å². The van der Waals surface area contributed by atoms with E-state index in [2.05, 4.69) is 26.8 Å². The summed E-state index contributed by atoms with van der Waals surface area (Å²) in [6.07, 6.45) is 1.44. The number of nitrogens with zero attached hydrogens (tertiary/aromatic N) is 3. The van der Waals surface area contributed by atoms with E-state index in [1.807, 2.05) is 25.1 Å². The lowest BCUT2D eigenvalue weighted by molar-refractivity contribution is 1.05. The highest BCUT2D eigenvalue weighted by Gasteiger charge is 2.05. The molecule has 0 aliphatic carbocycles. The summed E-state index contributed by atoms with van der Waals surface area (Å²) in [4.78, 5) is 8.17. The molecule has 4 N–H and O–H groups in total. The number of hydrogen-bond donors (Lipinski definition) is 3. The van der Waals surface area contributed by atoms with Crippen LogP contribution in [0.1, 0.15) is 16.7 Å². The van der Waals surface area contributed by atoms with Crippen LogP contribution >= 0.6 is 0 Å². The van der Waals surface area contributed by atoms with Gasteiger partial charge in [-0.15, -0.1) is 0 Å². The SMILES string of the molecule is Cc1c(NN)ncnc1NCc1cccc(C#N)c1. The third-order valence-electron chi connectivity index (χ3n) is 2.74. The van der Waals surface area contributed by atoms with Crippen LogP contribution in [0.4, 0.5) is 11.6 Å². The molecule has 0 radical (unpaired) electrons. The minimum atomic E-state index is 0.581. The van der Waals surface area contributed by atoms with E-state index in [9.17, 15) is 0 Å². The zero-order valence-electron chi connectivity index (χ0n) is 10.5. The zero-order valence-corrected chi connectivity index (χ0v) is 10.5. The first-order valence-electron chi connectivity index (χ1n) is 5.75. The summed E-state index contributed by atoms with van der Waals surface area (Å²) in [5.74, 6) is 6.66. The van der Waals surface area contributed by atoms with E-state index in [1.54, 1.807) is 6.07 Å². The number of benzene rings is 1. The molecule has 6 nitrogen and oxygen atoms in total. The van der Waals surface area contributed by atoms with Gasteiger partial charge in [-0.05, 0) is 24.6 Å². The maximum Gasteiger partial charge on any atom is 0.148 e. The largest absolute Gasteiger partial charge is 0.366 e. The van der Waals surface area contributed by atoms with Gasteiger partial charge in [0.1, 0.15) is 18.0 Å². The van der Waals surface area contributed by atoms with Gasteiger partial charge in [-0.1, -0.05) is 12.1 Å². The highest BCUT2D eigenvalue weighted by molar-refractivity contribution is 5.56. The van der Waals surface area contributed by atoms with Crippen molar-refractivity contribution in [3.8, 4) is 6.07 Å². The highest BCUT2D eigenvalue weighted by Crippen LogP contribution is 2.17. The molecule has 0 saturated carbocycles. The van der Waals surface area contributed by atoms with E-state index in [1.165, 1.54) is 6.33 Å². The third kappa shape index (κ3) is 2.97. The van der Waals surface area contributed by atoms with E-state index in [4.69, 9.17) is 11.1 Å². The van der Waals surface area contributed by atoms with Crippen molar-refractivity contribution in [2.45, 2.75) is 13.5 Å². The van der Waals surface area contributed by atoms with E-state index < -0.39 is 0 Å². The highest BCUT2D eigenvalue weighted by atomic mass is 15.3. The molecular weight excluding hydrogens is 240 g/mol. The van der Waals surface area contributed by atoms with Gasteiger partial charge in [-0.2, -0.15) is 5.26 Å². The van der Waals surface area contributed by atoms with Gasteiger partial charge in [0, 0.05) is 12.1 Å². The van der Waals surface area contributed by atoms with Crippen LogP contribution in [0.25, 0.3) is 0 Å². The Morgan fingerprint density at radius 3 is 2.84 bits per heavy atom. The van der Waals surface area contributed by atoms with E-state index in [0.29, 0.717) is 23.7 Å². The van der Waals surface area contributed by atoms with Gasteiger partial charge in [-0.3, -0.25) is 0 Å². The summed E-state index contributed by atoms with van der Waals surface area (Å²) in [5, 5.41) is 12.0. The quantitative estimate of drug-likeness (QED) is 0.565. The average molecular weight is 254 g/mol. The average Bonchev–Trinajstić information content (AvgIpc) is 2.46. The zero-order chi connectivity index (χ0) is 13.7. The predicted molar refractivity (Wildman–Crippen MR) is 73.1 cm³/mol. The molecule has 1 aromatic heterocycles. The second kappa shape index (κ2) is 5.80. The van der Waals surface area contributed by atoms with Crippen LogP contribution in [-0.4, -0.2) is 9.97 Å². The lowest BCUT2D eigenvalue weighted by atomic mass is 10.1. The van der Waals surface area contributed by atoms with Crippen LogP contribution in [-0.2, 0) is 6.54 Å². The molecule has 0 aliphatic heterocycles. The molecule has 0 saturated heterocycles. The molecule has 2 aromatic rings. The Labute approximate surface area is 111 Å². The maximum absolute atomic E-state index is 8.85. The molecule has 19 heavy (non-hydrogen) atoms. The lowest BCUT2D eigenvalue weighted by Gasteiger charge is -2.10. The van der Waals surface area contributed by atoms with Crippen molar-refractivity contribution in [1.82, 2.24) is 9.97 Å². The number of hydrazine groups is 1. The Kier molecular flexibility index (Phi) is 3.90. The topological polar surface area (TPSA) is 99.7 Å². The van der Waals surface area contributed by atoms with Crippen LogP contribution in [0.15, 0.2) is 30.6 Å². The molecule has 0 unspecified atom stereocenters. The Balaban J connectivity index is 2.12. The van der Waals surface area contributed by atoms with Gasteiger partial charge in [0.25, 0.3) is 0 Å². The molecule has 0 atom stereocenters. The predicted octanol–water partition coefficient (Wildman–Crippen LogP) is 1.55. The second-order valence-corrected chi connectivity index (χ2v) is 4.01. The maximum atomic E-state index is 8.85. The van der Waals surface area contributed by atoms with Gasteiger partial charge >= 0.3 is 0 Å². The Morgan fingerprint density at radius 2 is 2.11 bits per heavy atom. The van der Waals surface area contributed by atoms with Crippen molar-refractivity contribution in [1.29, 1.82) is 5.26 Å². The van der Waals surface area contributed by atoms with E-state index >= 15 is 0 Å². The summed E-state index contributed by atoms with van der Waals surface area (Å²) < 4.78 is 0. The molecule has 0 aliphatic rings. The fraction of sp³-hybridized carbons (Fsp3) is 0.154. The minimum absolute atomic E-state index is 0.581. The minimum Gasteiger partial charge on any atom is -0.366 e. The summed E-state index contributed by atoms with van der Waals surface area (Å²) >= 11 is 0. The van der Waals surface area contributed by atoms with Crippen molar-refractivity contribution in [2.24, 2.45) is 5.84 Å². The van der Waals surface area contributed by atoms with Gasteiger partial charge in [-0.25, -0.2) is 15.8 Å².